The highest BCUT2D eigenvalue weighted by Gasteiger charge is 2.18. The highest BCUT2D eigenvalue weighted by atomic mass is 16.6. The van der Waals surface area contributed by atoms with Gasteiger partial charge in [0.05, 0.1) is 0 Å². The average Bonchev–Trinajstić information content (AvgIpc) is 2.92. The summed E-state index contributed by atoms with van der Waals surface area (Å²) < 4.78 is 10.5. The van der Waals surface area contributed by atoms with Gasteiger partial charge >= 0.3 is 11.7 Å². The van der Waals surface area contributed by atoms with Gasteiger partial charge in [0.2, 0.25) is 6.41 Å². The molecule has 2 aromatic carbocycles. The predicted molar refractivity (Wildman–Crippen MR) is 177 cm³/mol. The van der Waals surface area contributed by atoms with Crippen LogP contribution < -0.4 is 21.2 Å². The molecular formula is C34H48N4O6. The number of alkyl carbamates (subject to hydrolysis) is 1. The Bertz CT molecular complexity index is 1430. The summed E-state index contributed by atoms with van der Waals surface area (Å²) >= 11 is 0. The van der Waals surface area contributed by atoms with E-state index < -0.39 is 23.2 Å². The summed E-state index contributed by atoms with van der Waals surface area (Å²) in [5.74, 6) is -0.477. The van der Waals surface area contributed by atoms with E-state index in [0.717, 1.165) is 24.1 Å². The molecule has 0 aliphatic rings. The Morgan fingerprint density at radius 2 is 1.61 bits per heavy atom. The minimum absolute atomic E-state index is 0.00889. The van der Waals surface area contributed by atoms with E-state index >= 15 is 0 Å². The lowest BCUT2D eigenvalue weighted by Gasteiger charge is -2.33. The topological polar surface area (TPSA) is 121 Å². The van der Waals surface area contributed by atoms with Gasteiger partial charge in [-0.15, -0.1) is 0 Å². The molecule has 3 aromatic rings. The first-order chi connectivity index (χ1) is 20.6. The molecule has 0 saturated carbocycles. The summed E-state index contributed by atoms with van der Waals surface area (Å²) in [4.78, 5) is 50.7. The van der Waals surface area contributed by atoms with Crippen molar-refractivity contribution in [3.63, 3.8) is 0 Å². The van der Waals surface area contributed by atoms with Gasteiger partial charge in [-0.2, -0.15) is 0 Å². The van der Waals surface area contributed by atoms with Crippen molar-refractivity contribution in [2.24, 2.45) is 0 Å². The molecule has 1 heterocycles. The Kier molecular flexibility index (Phi) is 13.4. The quantitative estimate of drug-likeness (QED) is 0.192. The minimum Gasteiger partial charge on any atom is -0.444 e. The van der Waals surface area contributed by atoms with Crippen molar-refractivity contribution >= 4 is 40.8 Å². The number of nitrogens with zero attached hydrogens (tertiary/aromatic N) is 2. The molecule has 3 rings (SSSR count). The van der Waals surface area contributed by atoms with Crippen LogP contribution in [0.4, 0.5) is 16.2 Å². The normalized spacial score (nSPS) is 11.1. The van der Waals surface area contributed by atoms with Gasteiger partial charge in [0.1, 0.15) is 16.7 Å². The van der Waals surface area contributed by atoms with Crippen molar-refractivity contribution in [3.05, 3.63) is 70.1 Å². The first kappa shape index (κ1) is 35.9. The van der Waals surface area contributed by atoms with E-state index in [1.165, 1.54) is 0 Å². The summed E-state index contributed by atoms with van der Waals surface area (Å²) in [6, 6.07) is 15.3. The number of fused-ring (bicyclic) bond motifs is 1. The van der Waals surface area contributed by atoms with Gasteiger partial charge in [-0.3, -0.25) is 9.59 Å². The molecule has 0 unspecified atom stereocenters. The third kappa shape index (κ3) is 11.4. The maximum atomic E-state index is 12.5. The third-order valence-corrected chi connectivity index (χ3v) is 6.41. The second kappa shape index (κ2) is 16.5. The fourth-order valence-corrected chi connectivity index (χ4v) is 4.57. The molecule has 3 amide bonds. The van der Waals surface area contributed by atoms with Crippen LogP contribution in [0.1, 0.15) is 77.7 Å². The maximum absolute atomic E-state index is 12.5. The van der Waals surface area contributed by atoms with Crippen LogP contribution in [-0.2, 0) is 9.53 Å². The standard InChI is InChI=1S/C23H26N2O3.C11H22N2O3/c1-14(2)25(15(3)4)19-11-8-17-12-20(23(27)28-21(17)13-19)22(26)24-18-9-6-16(5)7-10-18;1-5-7-13(9-14)8-6-12-10(15)16-11(2,3)4/h6-15H,1-5H3,(H,24,26);9H,5-8H2,1-4H3,(H,12,15). The van der Waals surface area contributed by atoms with Crippen LogP contribution in [0.15, 0.2) is 57.7 Å². The summed E-state index contributed by atoms with van der Waals surface area (Å²) in [5.41, 5.74) is 2.04. The van der Waals surface area contributed by atoms with Gasteiger partial charge in [-0.1, -0.05) is 24.6 Å². The Balaban J connectivity index is 0.000000362. The zero-order chi connectivity index (χ0) is 33.0. The van der Waals surface area contributed by atoms with Crippen LogP contribution >= 0.6 is 0 Å². The molecular weight excluding hydrogens is 560 g/mol. The van der Waals surface area contributed by atoms with Crippen molar-refractivity contribution in [2.45, 2.75) is 86.4 Å². The van der Waals surface area contributed by atoms with E-state index in [-0.39, 0.29) is 5.56 Å². The molecule has 0 fully saturated rings. The summed E-state index contributed by atoms with van der Waals surface area (Å²) in [6.07, 6.45) is 1.25. The van der Waals surface area contributed by atoms with Crippen LogP contribution in [0.25, 0.3) is 11.0 Å². The SMILES string of the molecule is CCCN(C=O)CCNC(=O)OC(C)(C)C.Cc1ccc(NC(=O)c2cc3ccc(N(C(C)C)C(C)C)cc3oc2=O)cc1. The Morgan fingerprint density at radius 1 is 0.977 bits per heavy atom. The van der Waals surface area contributed by atoms with Crippen LogP contribution in [0, 0.1) is 6.92 Å². The highest BCUT2D eigenvalue weighted by Crippen LogP contribution is 2.25. The first-order valence-electron chi connectivity index (χ1n) is 15.1. The number of aryl methyl sites for hydroxylation is 1. The van der Waals surface area contributed by atoms with Crippen molar-refractivity contribution < 1.29 is 23.5 Å². The zero-order valence-electron chi connectivity index (χ0n) is 27.5. The van der Waals surface area contributed by atoms with Gasteiger partial charge < -0.3 is 29.6 Å². The molecule has 0 radical (unpaired) electrons. The minimum atomic E-state index is -0.644. The van der Waals surface area contributed by atoms with Crippen LogP contribution in [0.5, 0.6) is 0 Å². The van der Waals surface area contributed by atoms with E-state index in [1.54, 1.807) is 43.9 Å². The second-order valence-electron chi connectivity index (χ2n) is 12.2. The van der Waals surface area contributed by atoms with E-state index in [2.05, 4.69) is 43.2 Å². The van der Waals surface area contributed by atoms with Crippen molar-refractivity contribution in [3.8, 4) is 0 Å². The lowest BCUT2D eigenvalue weighted by atomic mass is 10.1. The molecule has 0 saturated heterocycles. The Labute approximate surface area is 260 Å². The molecule has 0 aliphatic carbocycles. The van der Waals surface area contributed by atoms with Crippen molar-refractivity contribution in [1.82, 2.24) is 10.2 Å². The molecule has 240 valence electrons. The largest absolute Gasteiger partial charge is 0.444 e. The van der Waals surface area contributed by atoms with Gasteiger partial charge in [-0.25, -0.2) is 9.59 Å². The first-order valence-corrected chi connectivity index (χ1v) is 15.1. The summed E-state index contributed by atoms with van der Waals surface area (Å²) in [6.45, 7) is 19.5. The van der Waals surface area contributed by atoms with Gasteiger partial charge in [0.15, 0.2) is 0 Å². The third-order valence-electron chi connectivity index (χ3n) is 6.41. The number of carbonyl (C=O) groups excluding carboxylic acids is 3. The fourth-order valence-electron chi connectivity index (χ4n) is 4.57. The smallest absolute Gasteiger partial charge is 0.407 e. The molecule has 0 bridgehead atoms. The molecule has 0 spiro atoms. The van der Waals surface area contributed by atoms with E-state index in [1.807, 2.05) is 44.2 Å². The molecule has 44 heavy (non-hydrogen) atoms. The highest BCUT2D eigenvalue weighted by molar-refractivity contribution is 6.05. The zero-order valence-corrected chi connectivity index (χ0v) is 27.5. The van der Waals surface area contributed by atoms with Gasteiger partial charge in [-0.05, 0) is 92.1 Å². The fraction of sp³-hybridized carbons (Fsp3) is 0.471. The lowest BCUT2D eigenvalue weighted by molar-refractivity contribution is -0.118. The van der Waals surface area contributed by atoms with E-state index in [0.29, 0.717) is 48.4 Å². The van der Waals surface area contributed by atoms with Gasteiger partial charge in [0.25, 0.3) is 5.91 Å². The molecule has 0 aliphatic heterocycles. The number of nitrogens with one attached hydrogen (secondary N) is 2. The number of hydrogen-bond donors (Lipinski definition) is 2. The molecule has 1 aromatic heterocycles. The predicted octanol–water partition coefficient (Wildman–Crippen LogP) is 6.36. The number of amides is 3. The number of anilines is 2. The number of ether oxygens (including phenoxy) is 1. The van der Waals surface area contributed by atoms with Crippen molar-refractivity contribution in [1.29, 1.82) is 0 Å². The number of carbonyl (C=O) groups is 3. The molecule has 10 nitrogen and oxygen atoms in total. The monoisotopic (exact) mass is 608 g/mol. The molecule has 10 heteroatoms. The number of rotatable bonds is 11. The second-order valence-corrected chi connectivity index (χ2v) is 12.2. The van der Waals surface area contributed by atoms with Gasteiger partial charge in [0, 0.05) is 54.5 Å². The Morgan fingerprint density at radius 3 is 2.16 bits per heavy atom. The lowest BCUT2D eigenvalue weighted by Crippen LogP contribution is -2.37. The van der Waals surface area contributed by atoms with Crippen molar-refractivity contribution in [2.75, 3.05) is 29.9 Å². The van der Waals surface area contributed by atoms with E-state index in [4.69, 9.17) is 9.15 Å². The Hall–Kier alpha value is -4.34. The number of hydrogen-bond acceptors (Lipinski definition) is 7. The molecule has 0 atom stereocenters. The van der Waals surface area contributed by atoms with Crippen LogP contribution in [0.3, 0.4) is 0 Å². The van der Waals surface area contributed by atoms with Crippen LogP contribution in [0.2, 0.25) is 0 Å². The molecule has 2 N–H and O–H groups in total. The van der Waals surface area contributed by atoms with Crippen LogP contribution in [-0.4, -0.2) is 60.6 Å². The summed E-state index contributed by atoms with van der Waals surface area (Å²) in [5, 5.41) is 6.06. The number of benzene rings is 2. The van der Waals surface area contributed by atoms with E-state index in [9.17, 15) is 19.2 Å². The summed E-state index contributed by atoms with van der Waals surface area (Å²) in [7, 11) is 0. The average molecular weight is 609 g/mol. The maximum Gasteiger partial charge on any atom is 0.407 e.